The van der Waals surface area contributed by atoms with E-state index < -0.39 is 6.61 Å². The summed E-state index contributed by atoms with van der Waals surface area (Å²) in [5, 5.41) is 12.0. The van der Waals surface area contributed by atoms with E-state index in [4.69, 9.17) is 0 Å². The molecule has 1 aromatic carbocycles. The second kappa shape index (κ2) is 8.79. The van der Waals surface area contributed by atoms with Gasteiger partial charge in [0.25, 0.3) is 0 Å². The van der Waals surface area contributed by atoms with Crippen molar-refractivity contribution in [3.63, 3.8) is 0 Å². The molecule has 1 aromatic rings. The third-order valence-electron chi connectivity index (χ3n) is 3.87. The lowest BCUT2D eigenvalue weighted by Crippen LogP contribution is -2.43. The van der Waals surface area contributed by atoms with Gasteiger partial charge < -0.3 is 15.2 Å². The number of amides is 1. The van der Waals surface area contributed by atoms with Crippen LogP contribution in [0, 0.1) is 5.92 Å². The Morgan fingerprint density at radius 3 is 2.78 bits per heavy atom. The van der Waals surface area contributed by atoms with Crippen LogP contribution in [0.25, 0.3) is 0 Å². The van der Waals surface area contributed by atoms with Crippen molar-refractivity contribution in [3.8, 4) is 5.75 Å². The molecule has 0 aromatic heterocycles. The number of carbonyl (C=O) groups is 1. The Morgan fingerprint density at radius 1 is 1.39 bits per heavy atom. The molecule has 7 heteroatoms. The summed E-state index contributed by atoms with van der Waals surface area (Å²) in [6.45, 7) is -0.431. The van der Waals surface area contributed by atoms with Crippen molar-refractivity contribution >= 4 is 5.91 Å². The highest BCUT2D eigenvalue weighted by atomic mass is 19.3. The number of rotatable bonds is 7. The first kappa shape index (κ1) is 17.6. The molecule has 1 amide bonds. The van der Waals surface area contributed by atoms with Crippen LogP contribution in [0.15, 0.2) is 24.3 Å². The highest BCUT2D eigenvalue weighted by Gasteiger charge is 2.20. The van der Waals surface area contributed by atoms with E-state index in [2.05, 4.69) is 10.1 Å². The van der Waals surface area contributed by atoms with E-state index in [-0.39, 0.29) is 24.2 Å². The molecule has 2 rings (SSSR count). The van der Waals surface area contributed by atoms with Gasteiger partial charge in [-0.25, -0.2) is 0 Å². The summed E-state index contributed by atoms with van der Waals surface area (Å²) >= 11 is 0. The molecule has 0 saturated carbocycles. The SMILES string of the molecule is O=C(CN1CCCC(CO)C1)NCc1ccc(OC(F)F)cc1. The van der Waals surface area contributed by atoms with Gasteiger partial charge in [-0.2, -0.15) is 8.78 Å². The predicted octanol–water partition coefficient (Wildman–Crippen LogP) is 1.61. The smallest absolute Gasteiger partial charge is 0.387 e. The average Bonchev–Trinajstić information content (AvgIpc) is 2.54. The zero-order valence-electron chi connectivity index (χ0n) is 12.9. The number of halogens is 2. The fraction of sp³-hybridized carbons (Fsp3) is 0.562. The summed E-state index contributed by atoms with van der Waals surface area (Å²) in [5.74, 6) is 0.258. The maximum absolute atomic E-state index is 12.1. The lowest BCUT2D eigenvalue weighted by atomic mass is 9.99. The van der Waals surface area contributed by atoms with Crippen molar-refractivity contribution < 1.29 is 23.4 Å². The van der Waals surface area contributed by atoms with Gasteiger partial charge in [-0.1, -0.05) is 12.1 Å². The van der Waals surface area contributed by atoms with Gasteiger partial charge in [-0.15, -0.1) is 0 Å². The summed E-state index contributed by atoms with van der Waals surface area (Å²) < 4.78 is 28.4. The summed E-state index contributed by atoms with van der Waals surface area (Å²) in [6, 6.07) is 6.18. The number of piperidine rings is 1. The number of hydrogen-bond donors (Lipinski definition) is 2. The van der Waals surface area contributed by atoms with Crippen LogP contribution in [-0.2, 0) is 11.3 Å². The molecule has 128 valence electrons. The number of alkyl halides is 2. The van der Waals surface area contributed by atoms with Gasteiger partial charge in [-0.05, 0) is 43.0 Å². The fourth-order valence-electron chi connectivity index (χ4n) is 2.69. The van der Waals surface area contributed by atoms with Crippen molar-refractivity contribution in [1.82, 2.24) is 10.2 Å². The Hall–Kier alpha value is -1.73. The first-order valence-electron chi connectivity index (χ1n) is 7.70. The molecule has 1 fully saturated rings. The van der Waals surface area contributed by atoms with E-state index in [1.807, 2.05) is 4.90 Å². The number of nitrogens with zero attached hydrogens (tertiary/aromatic N) is 1. The molecule has 1 atom stereocenters. The minimum Gasteiger partial charge on any atom is -0.435 e. The highest BCUT2D eigenvalue weighted by Crippen LogP contribution is 2.16. The Labute approximate surface area is 134 Å². The van der Waals surface area contributed by atoms with Gasteiger partial charge >= 0.3 is 6.61 Å². The van der Waals surface area contributed by atoms with Crippen LogP contribution in [0.2, 0.25) is 0 Å². The predicted molar refractivity (Wildman–Crippen MR) is 81.2 cm³/mol. The van der Waals surface area contributed by atoms with Crippen LogP contribution in [0.1, 0.15) is 18.4 Å². The lowest BCUT2D eigenvalue weighted by molar-refractivity contribution is -0.122. The Morgan fingerprint density at radius 2 is 2.13 bits per heavy atom. The van der Waals surface area contributed by atoms with Crippen molar-refractivity contribution in [3.05, 3.63) is 29.8 Å². The van der Waals surface area contributed by atoms with Crippen LogP contribution >= 0.6 is 0 Å². The largest absolute Gasteiger partial charge is 0.435 e. The first-order valence-corrected chi connectivity index (χ1v) is 7.70. The van der Waals surface area contributed by atoms with E-state index in [1.165, 1.54) is 12.1 Å². The molecule has 1 aliphatic heterocycles. The summed E-state index contributed by atoms with van der Waals surface area (Å²) in [6.07, 6.45) is 1.99. The number of benzene rings is 1. The minimum absolute atomic E-state index is 0.0866. The Bertz CT molecular complexity index is 497. The van der Waals surface area contributed by atoms with Crippen molar-refractivity contribution in [2.24, 2.45) is 5.92 Å². The van der Waals surface area contributed by atoms with Crippen LogP contribution in [-0.4, -0.2) is 48.8 Å². The highest BCUT2D eigenvalue weighted by molar-refractivity contribution is 5.78. The topological polar surface area (TPSA) is 61.8 Å². The molecule has 1 unspecified atom stereocenters. The van der Waals surface area contributed by atoms with E-state index in [1.54, 1.807) is 12.1 Å². The summed E-state index contributed by atoms with van der Waals surface area (Å²) in [7, 11) is 0. The van der Waals surface area contributed by atoms with Gasteiger partial charge in [0.15, 0.2) is 0 Å². The zero-order chi connectivity index (χ0) is 16.7. The standard InChI is InChI=1S/C16H22F2N2O3/c17-16(18)23-14-5-3-12(4-6-14)8-19-15(22)10-20-7-1-2-13(9-20)11-21/h3-6,13,16,21H,1-2,7-11H2,(H,19,22). The summed E-state index contributed by atoms with van der Waals surface area (Å²) in [5.41, 5.74) is 0.812. The number of aliphatic hydroxyl groups is 1. The Balaban J connectivity index is 1.73. The third-order valence-corrected chi connectivity index (χ3v) is 3.87. The van der Waals surface area contributed by atoms with E-state index in [9.17, 15) is 18.7 Å². The molecular formula is C16H22F2N2O3. The van der Waals surface area contributed by atoms with E-state index in [0.29, 0.717) is 13.1 Å². The molecule has 5 nitrogen and oxygen atoms in total. The van der Waals surface area contributed by atoms with Crippen LogP contribution in [0.3, 0.4) is 0 Å². The molecule has 2 N–H and O–H groups in total. The quantitative estimate of drug-likeness (QED) is 0.798. The number of hydrogen-bond acceptors (Lipinski definition) is 4. The maximum Gasteiger partial charge on any atom is 0.387 e. The van der Waals surface area contributed by atoms with Crippen LogP contribution in [0.5, 0.6) is 5.75 Å². The van der Waals surface area contributed by atoms with Crippen molar-refractivity contribution in [2.75, 3.05) is 26.2 Å². The molecule has 23 heavy (non-hydrogen) atoms. The van der Waals surface area contributed by atoms with Gasteiger partial charge in [0.05, 0.1) is 6.54 Å². The van der Waals surface area contributed by atoms with Gasteiger partial charge in [-0.3, -0.25) is 9.69 Å². The first-order chi connectivity index (χ1) is 11.1. The second-order valence-corrected chi connectivity index (χ2v) is 5.73. The molecule has 0 spiro atoms. The average molecular weight is 328 g/mol. The number of nitrogens with one attached hydrogen (secondary N) is 1. The fourth-order valence-corrected chi connectivity index (χ4v) is 2.69. The second-order valence-electron chi connectivity index (χ2n) is 5.73. The normalized spacial score (nSPS) is 18.9. The Kier molecular flexibility index (Phi) is 6.73. The maximum atomic E-state index is 12.1. The molecule has 0 radical (unpaired) electrons. The van der Waals surface area contributed by atoms with Gasteiger partial charge in [0.1, 0.15) is 5.75 Å². The summed E-state index contributed by atoms with van der Waals surface area (Å²) in [4.78, 5) is 14.0. The van der Waals surface area contributed by atoms with Crippen molar-refractivity contribution in [2.45, 2.75) is 26.0 Å². The number of ether oxygens (including phenoxy) is 1. The number of carbonyl (C=O) groups excluding carboxylic acids is 1. The van der Waals surface area contributed by atoms with E-state index >= 15 is 0 Å². The molecule has 1 saturated heterocycles. The van der Waals surface area contributed by atoms with Crippen LogP contribution in [0.4, 0.5) is 8.78 Å². The van der Waals surface area contributed by atoms with Gasteiger partial charge in [0.2, 0.25) is 5.91 Å². The molecule has 0 bridgehead atoms. The lowest BCUT2D eigenvalue weighted by Gasteiger charge is -2.31. The number of aliphatic hydroxyl groups excluding tert-OH is 1. The third kappa shape index (κ3) is 6.11. The zero-order valence-corrected chi connectivity index (χ0v) is 12.9. The molecule has 1 heterocycles. The molecular weight excluding hydrogens is 306 g/mol. The monoisotopic (exact) mass is 328 g/mol. The number of likely N-dealkylation sites (tertiary alicyclic amines) is 1. The molecule has 1 aliphatic rings. The minimum atomic E-state index is -2.84. The van der Waals surface area contributed by atoms with Crippen LogP contribution < -0.4 is 10.1 Å². The molecule has 0 aliphatic carbocycles. The van der Waals surface area contributed by atoms with Gasteiger partial charge in [0, 0.05) is 19.7 Å². The van der Waals surface area contributed by atoms with Crippen molar-refractivity contribution in [1.29, 1.82) is 0 Å². The van der Waals surface area contributed by atoms with E-state index in [0.717, 1.165) is 31.5 Å².